The molecule has 39 heavy (non-hydrogen) atoms. The molecule has 0 aromatic heterocycles. The molecule has 0 unspecified atom stereocenters. The molecule has 3 amide bonds. The number of hydrogen-bond donors (Lipinski definition) is 6. The SMILES string of the molecule is NCC(=O)N[C@H](Cc1ccccc1)C(=O)N[C@H](Cc1ccccc1)C(=O)N[C@H](Cc1ccc(O)cc1)C(=O)O. The molecule has 0 aliphatic rings. The smallest absolute Gasteiger partial charge is 0.326 e. The Bertz CT molecular complexity index is 1250. The van der Waals surface area contributed by atoms with Crippen molar-refractivity contribution < 1.29 is 29.4 Å². The second kappa shape index (κ2) is 14.3. The van der Waals surface area contributed by atoms with Crippen LogP contribution in [-0.4, -0.2) is 58.6 Å². The molecule has 0 heterocycles. The van der Waals surface area contributed by atoms with E-state index in [1.165, 1.54) is 12.1 Å². The van der Waals surface area contributed by atoms with Crippen LogP contribution >= 0.6 is 0 Å². The number of nitrogens with one attached hydrogen (secondary N) is 3. The van der Waals surface area contributed by atoms with Crippen LogP contribution in [0.3, 0.4) is 0 Å². The monoisotopic (exact) mass is 532 g/mol. The Kier molecular flexibility index (Phi) is 10.6. The zero-order valence-corrected chi connectivity index (χ0v) is 21.2. The first-order valence-electron chi connectivity index (χ1n) is 12.4. The number of carbonyl (C=O) groups excluding carboxylic acids is 3. The summed E-state index contributed by atoms with van der Waals surface area (Å²) in [7, 11) is 0. The van der Waals surface area contributed by atoms with Gasteiger partial charge in [0.2, 0.25) is 17.7 Å². The fourth-order valence-electron chi connectivity index (χ4n) is 3.98. The van der Waals surface area contributed by atoms with E-state index in [1.807, 2.05) is 24.3 Å². The number of aromatic hydroxyl groups is 1. The van der Waals surface area contributed by atoms with E-state index in [1.54, 1.807) is 48.5 Å². The molecule has 3 rings (SSSR count). The van der Waals surface area contributed by atoms with Crippen LogP contribution in [0.25, 0.3) is 0 Å². The van der Waals surface area contributed by atoms with Crippen LogP contribution in [0.15, 0.2) is 84.9 Å². The van der Waals surface area contributed by atoms with E-state index in [2.05, 4.69) is 16.0 Å². The first kappa shape index (κ1) is 28.9. The fourth-order valence-corrected chi connectivity index (χ4v) is 3.98. The zero-order valence-electron chi connectivity index (χ0n) is 21.2. The molecule has 0 aliphatic heterocycles. The number of benzene rings is 3. The van der Waals surface area contributed by atoms with Gasteiger partial charge >= 0.3 is 5.97 Å². The molecule has 10 nitrogen and oxygen atoms in total. The van der Waals surface area contributed by atoms with Crippen molar-refractivity contribution in [2.24, 2.45) is 5.73 Å². The van der Waals surface area contributed by atoms with Crippen LogP contribution in [0.4, 0.5) is 0 Å². The van der Waals surface area contributed by atoms with E-state index >= 15 is 0 Å². The number of amides is 3. The van der Waals surface area contributed by atoms with Crippen LogP contribution < -0.4 is 21.7 Å². The molecule has 3 aromatic rings. The average Bonchev–Trinajstić information content (AvgIpc) is 2.94. The summed E-state index contributed by atoms with van der Waals surface area (Å²) in [5.41, 5.74) is 7.57. The third-order valence-electron chi connectivity index (χ3n) is 6.03. The summed E-state index contributed by atoms with van der Waals surface area (Å²) >= 11 is 0. The Hall–Kier alpha value is -4.70. The molecule has 3 aromatic carbocycles. The summed E-state index contributed by atoms with van der Waals surface area (Å²) < 4.78 is 0. The van der Waals surface area contributed by atoms with Crippen molar-refractivity contribution >= 4 is 23.7 Å². The van der Waals surface area contributed by atoms with Crippen LogP contribution in [0, 0.1) is 0 Å². The normalized spacial score (nSPS) is 12.9. The Morgan fingerprint density at radius 2 is 1.03 bits per heavy atom. The highest BCUT2D eigenvalue weighted by Crippen LogP contribution is 2.12. The van der Waals surface area contributed by atoms with Crippen LogP contribution in [0.1, 0.15) is 16.7 Å². The number of nitrogens with two attached hydrogens (primary N) is 1. The number of carbonyl (C=O) groups is 4. The van der Waals surface area contributed by atoms with Gasteiger partial charge in [-0.25, -0.2) is 4.79 Å². The molecule has 204 valence electrons. The molecule has 0 radical (unpaired) electrons. The summed E-state index contributed by atoms with van der Waals surface area (Å²) in [6.07, 6.45) is 0.222. The van der Waals surface area contributed by atoms with E-state index in [4.69, 9.17) is 5.73 Å². The van der Waals surface area contributed by atoms with Crippen molar-refractivity contribution in [3.05, 3.63) is 102 Å². The molecule has 10 heteroatoms. The number of phenols is 1. The van der Waals surface area contributed by atoms with Gasteiger partial charge in [-0.1, -0.05) is 72.8 Å². The summed E-state index contributed by atoms with van der Waals surface area (Å²) in [6, 6.07) is 20.6. The summed E-state index contributed by atoms with van der Waals surface area (Å²) in [6.45, 7) is -0.315. The number of carboxylic acids is 1. The summed E-state index contributed by atoms with van der Waals surface area (Å²) in [5.74, 6) is -3.05. The fraction of sp³-hybridized carbons (Fsp3) is 0.241. The van der Waals surface area contributed by atoms with Gasteiger partial charge < -0.3 is 31.9 Å². The van der Waals surface area contributed by atoms with E-state index < -0.39 is 41.8 Å². The van der Waals surface area contributed by atoms with Gasteiger partial charge in [0.05, 0.1) is 6.54 Å². The lowest BCUT2D eigenvalue weighted by atomic mass is 10.0. The minimum absolute atomic E-state index is 0.0312. The van der Waals surface area contributed by atoms with Crippen LogP contribution in [0.5, 0.6) is 5.75 Å². The lowest BCUT2D eigenvalue weighted by molar-refractivity contribution is -0.142. The molecule has 0 fully saturated rings. The Morgan fingerprint density at radius 3 is 1.49 bits per heavy atom. The van der Waals surface area contributed by atoms with Gasteiger partial charge in [0.25, 0.3) is 0 Å². The molecule has 0 spiro atoms. The van der Waals surface area contributed by atoms with Gasteiger partial charge in [-0.3, -0.25) is 14.4 Å². The van der Waals surface area contributed by atoms with E-state index in [-0.39, 0.29) is 31.6 Å². The number of rotatable bonds is 13. The molecule has 0 aliphatic carbocycles. The van der Waals surface area contributed by atoms with E-state index in [9.17, 15) is 29.4 Å². The Balaban J connectivity index is 1.81. The van der Waals surface area contributed by atoms with Crippen molar-refractivity contribution in [3.63, 3.8) is 0 Å². The minimum atomic E-state index is -1.28. The highest BCUT2D eigenvalue weighted by molar-refractivity contribution is 5.94. The number of carboxylic acid groups (broad SMARTS) is 1. The van der Waals surface area contributed by atoms with Crippen molar-refractivity contribution in [2.45, 2.75) is 37.4 Å². The van der Waals surface area contributed by atoms with Gasteiger partial charge in [-0.05, 0) is 28.8 Å². The van der Waals surface area contributed by atoms with Gasteiger partial charge in [-0.15, -0.1) is 0 Å². The molecule has 0 saturated carbocycles. The number of phenolic OH excluding ortho intramolecular Hbond substituents is 1. The second-order valence-corrected chi connectivity index (χ2v) is 9.03. The van der Waals surface area contributed by atoms with Crippen molar-refractivity contribution in [1.82, 2.24) is 16.0 Å². The third kappa shape index (κ3) is 9.28. The third-order valence-corrected chi connectivity index (χ3v) is 6.03. The molecule has 7 N–H and O–H groups in total. The van der Waals surface area contributed by atoms with Crippen molar-refractivity contribution in [1.29, 1.82) is 0 Å². The minimum Gasteiger partial charge on any atom is -0.508 e. The Morgan fingerprint density at radius 1 is 0.615 bits per heavy atom. The number of aliphatic carboxylic acids is 1. The standard InChI is InChI=1S/C29H32N4O6/c30-18-26(35)31-23(15-19-7-3-1-4-8-19)27(36)32-24(16-20-9-5-2-6-10-20)28(37)33-25(29(38)39)17-21-11-13-22(34)14-12-21/h1-14,23-25,34H,15-18,30H2,(H,31,35)(H,32,36)(H,33,37)(H,38,39)/t23-,24-,25-/m1/s1. The molecular weight excluding hydrogens is 500 g/mol. The molecule has 3 atom stereocenters. The van der Waals surface area contributed by atoms with Gasteiger partial charge in [0.15, 0.2) is 0 Å². The summed E-state index contributed by atoms with van der Waals surface area (Å²) in [4.78, 5) is 50.8. The zero-order chi connectivity index (χ0) is 28.2. The lowest BCUT2D eigenvalue weighted by Crippen LogP contribution is -2.57. The lowest BCUT2D eigenvalue weighted by Gasteiger charge is -2.25. The molecule has 0 bridgehead atoms. The van der Waals surface area contributed by atoms with Gasteiger partial charge in [0.1, 0.15) is 23.9 Å². The topological polar surface area (TPSA) is 171 Å². The maximum Gasteiger partial charge on any atom is 0.326 e. The van der Waals surface area contributed by atoms with E-state index in [0.717, 1.165) is 11.1 Å². The van der Waals surface area contributed by atoms with E-state index in [0.29, 0.717) is 5.56 Å². The second-order valence-electron chi connectivity index (χ2n) is 9.03. The first-order chi connectivity index (χ1) is 18.7. The van der Waals surface area contributed by atoms with Crippen LogP contribution in [0.2, 0.25) is 0 Å². The highest BCUT2D eigenvalue weighted by atomic mass is 16.4. The molecular formula is C29H32N4O6. The summed E-state index contributed by atoms with van der Waals surface area (Å²) in [5, 5.41) is 27.1. The van der Waals surface area contributed by atoms with Crippen LogP contribution in [-0.2, 0) is 38.4 Å². The predicted octanol–water partition coefficient (Wildman–Crippen LogP) is 0.918. The van der Waals surface area contributed by atoms with Crippen molar-refractivity contribution in [2.75, 3.05) is 6.54 Å². The van der Waals surface area contributed by atoms with Crippen molar-refractivity contribution in [3.8, 4) is 5.75 Å². The highest BCUT2D eigenvalue weighted by Gasteiger charge is 2.30. The van der Waals surface area contributed by atoms with Gasteiger partial charge in [-0.2, -0.15) is 0 Å². The maximum absolute atomic E-state index is 13.4. The quantitative estimate of drug-likeness (QED) is 0.190. The average molecular weight is 533 g/mol. The first-order valence-corrected chi connectivity index (χ1v) is 12.4. The maximum atomic E-state index is 13.4. The molecule has 0 saturated heterocycles. The Labute approximate surface area is 226 Å². The van der Waals surface area contributed by atoms with Gasteiger partial charge in [0, 0.05) is 19.3 Å². The largest absolute Gasteiger partial charge is 0.508 e. The predicted molar refractivity (Wildman–Crippen MR) is 145 cm³/mol. The number of hydrogen-bond acceptors (Lipinski definition) is 6.